The van der Waals surface area contributed by atoms with Crippen molar-refractivity contribution in [2.24, 2.45) is 0 Å². The van der Waals surface area contributed by atoms with Crippen LogP contribution in [-0.4, -0.2) is 34.6 Å². The van der Waals surface area contributed by atoms with Crippen LogP contribution in [0.5, 0.6) is 5.75 Å². The summed E-state index contributed by atoms with van der Waals surface area (Å²) in [4.78, 5) is 21.9. The van der Waals surface area contributed by atoms with Crippen LogP contribution in [0.3, 0.4) is 0 Å². The number of aromatic nitrogens is 2. The number of nitrogens with zero attached hydrogens (tertiary/aromatic N) is 3. The largest absolute Gasteiger partial charge is 0.588 e. The third-order valence-electron chi connectivity index (χ3n) is 4.64. The zero-order valence-corrected chi connectivity index (χ0v) is 19.0. The highest BCUT2D eigenvalue weighted by atomic mass is 32.2. The number of benzene rings is 2. The maximum atomic E-state index is 13.0. The first-order valence-corrected chi connectivity index (χ1v) is 11.6. The van der Waals surface area contributed by atoms with E-state index < -0.39 is 11.4 Å². The van der Waals surface area contributed by atoms with E-state index in [1.165, 1.54) is 11.3 Å². The molecule has 7 nitrogen and oxygen atoms in total. The Balaban J connectivity index is 1.44. The Morgan fingerprint density at radius 3 is 2.53 bits per heavy atom. The van der Waals surface area contributed by atoms with E-state index in [1.807, 2.05) is 47.8 Å². The van der Waals surface area contributed by atoms with Crippen molar-refractivity contribution in [1.29, 1.82) is 0 Å². The van der Waals surface area contributed by atoms with Crippen molar-refractivity contribution in [3.63, 3.8) is 0 Å². The molecule has 2 aromatic carbocycles. The molecule has 4 rings (SSSR count). The molecule has 0 saturated carbocycles. The highest BCUT2D eigenvalue weighted by Gasteiger charge is 2.22. The van der Waals surface area contributed by atoms with Gasteiger partial charge in [0.15, 0.2) is 10.0 Å². The van der Waals surface area contributed by atoms with Gasteiger partial charge in [0.05, 0.1) is 19.9 Å². The van der Waals surface area contributed by atoms with Gasteiger partial charge in [-0.2, -0.15) is 4.31 Å². The van der Waals surface area contributed by atoms with Crippen LogP contribution in [-0.2, 0) is 11.4 Å². The van der Waals surface area contributed by atoms with Gasteiger partial charge in [0.25, 0.3) is 5.91 Å². The Morgan fingerprint density at radius 1 is 1.06 bits per heavy atom. The van der Waals surface area contributed by atoms with Gasteiger partial charge in [-0.15, -0.1) is 11.3 Å². The molecule has 0 spiro atoms. The third kappa shape index (κ3) is 4.75. The highest BCUT2D eigenvalue weighted by molar-refractivity contribution is 7.92. The number of ether oxygens (including phenoxy) is 1. The fraction of sp³-hybridized carbons (Fsp3) is 0.0870. The summed E-state index contributed by atoms with van der Waals surface area (Å²) in [6.45, 7) is 0. The second kappa shape index (κ2) is 9.82. The number of carbonyl (C=O) groups is 1. The fourth-order valence-corrected chi connectivity index (χ4v) is 4.71. The summed E-state index contributed by atoms with van der Waals surface area (Å²) in [6, 6.07) is 19.6. The molecule has 9 heteroatoms. The van der Waals surface area contributed by atoms with Crippen molar-refractivity contribution in [1.82, 2.24) is 9.97 Å². The zero-order chi connectivity index (χ0) is 22.5. The van der Waals surface area contributed by atoms with Crippen LogP contribution >= 0.6 is 11.3 Å². The van der Waals surface area contributed by atoms with Crippen molar-refractivity contribution < 1.29 is 14.1 Å². The smallest absolute Gasteiger partial charge is 0.257 e. The van der Waals surface area contributed by atoms with Gasteiger partial charge >= 0.3 is 0 Å². The summed E-state index contributed by atoms with van der Waals surface area (Å²) < 4.78 is 20.0. The summed E-state index contributed by atoms with van der Waals surface area (Å²) in [5.41, 5.74) is 2.61. The lowest BCUT2D eigenvalue weighted by Crippen LogP contribution is -2.27. The summed E-state index contributed by atoms with van der Waals surface area (Å²) in [5.74, 6) is 0.343. The monoisotopic (exact) mass is 464 g/mol. The van der Waals surface area contributed by atoms with E-state index in [1.54, 1.807) is 48.9 Å². The van der Waals surface area contributed by atoms with Crippen LogP contribution in [0.25, 0.3) is 11.4 Å². The lowest BCUT2D eigenvalue weighted by molar-refractivity contribution is 0.102. The number of anilines is 2. The number of methoxy groups -OCH3 is 1. The number of thiazole rings is 1. The Kier molecular flexibility index (Phi) is 6.69. The van der Waals surface area contributed by atoms with E-state index in [9.17, 15) is 9.35 Å². The van der Waals surface area contributed by atoms with Gasteiger partial charge in [-0.25, -0.2) is 4.98 Å². The second-order valence-electron chi connectivity index (χ2n) is 6.65. The van der Waals surface area contributed by atoms with Gasteiger partial charge in [-0.05, 0) is 48.5 Å². The molecular weight excluding hydrogens is 444 g/mol. The molecule has 0 aliphatic carbocycles. The number of carbonyl (C=O) groups excluding carboxylic acids is 1. The number of hydrogen-bond donors (Lipinski definition) is 1. The molecule has 0 radical (unpaired) electrons. The summed E-state index contributed by atoms with van der Waals surface area (Å²) in [7, 11) is 3.31. The molecule has 1 amide bonds. The molecule has 2 heterocycles. The van der Waals surface area contributed by atoms with E-state index in [2.05, 4.69) is 15.3 Å². The van der Waals surface area contributed by atoms with E-state index in [4.69, 9.17) is 4.74 Å². The van der Waals surface area contributed by atoms with Crippen molar-refractivity contribution >= 4 is 39.4 Å². The van der Waals surface area contributed by atoms with Crippen molar-refractivity contribution in [2.75, 3.05) is 23.8 Å². The fourth-order valence-electron chi connectivity index (χ4n) is 2.99. The number of nitrogens with one attached hydrogen (secondary N) is 1. The van der Waals surface area contributed by atoms with Crippen LogP contribution in [0.2, 0.25) is 0 Å². The van der Waals surface area contributed by atoms with E-state index in [-0.39, 0.29) is 5.91 Å². The SMILES string of the molecule is COc1ccccc1N(C)[S+]([O-])c1ccc(C(=O)Nc2nc(-c3ccccn3)cs2)cc1. The molecule has 0 bridgehead atoms. The third-order valence-corrected chi connectivity index (χ3v) is 6.77. The number of rotatable bonds is 7. The van der Waals surface area contributed by atoms with E-state index in [0.717, 1.165) is 5.69 Å². The Bertz CT molecular complexity index is 1200. The van der Waals surface area contributed by atoms with Gasteiger partial charge in [0.2, 0.25) is 0 Å². The average Bonchev–Trinajstić information content (AvgIpc) is 3.32. The summed E-state index contributed by atoms with van der Waals surface area (Å²) in [5, 5.41) is 5.13. The maximum absolute atomic E-state index is 13.0. The van der Waals surface area contributed by atoms with Crippen LogP contribution < -0.4 is 14.4 Å². The van der Waals surface area contributed by atoms with Gasteiger partial charge < -0.3 is 9.29 Å². The maximum Gasteiger partial charge on any atom is 0.257 e. The first-order valence-electron chi connectivity index (χ1n) is 9.64. The molecule has 1 atom stereocenters. The van der Waals surface area contributed by atoms with Crippen molar-refractivity contribution in [2.45, 2.75) is 4.90 Å². The molecule has 1 unspecified atom stereocenters. The second-order valence-corrected chi connectivity index (χ2v) is 9.03. The van der Waals surface area contributed by atoms with Gasteiger partial charge in [0.1, 0.15) is 28.5 Å². The van der Waals surface area contributed by atoms with Crippen molar-refractivity contribution in [3.05, 3.63) is 83.9 Å². The molecule has 0 aliphatic heterocycles. The molecule has 0 aliphatic rings. The molecular formula is C23H20N4O3S2. The first kappa shape index (κ1) is 21.8. The lowest BCUT2D eigenvalue weighted by Gasteiger charge is -2.23. The molecule has 2 aromatic heterocycles. The molecule has 0 saturated heterocycles. The standard InChI is InChI=1S/C23H20N4O3S2/c1-27(20-8-3-4-9-21(20)30-2)32(29)17-12-10-16(11-13-17)22(28)26-23-25-19(15-31-23)18-7-5-6-14-24-18/h3-15H,1-2H3,(H,25,26,28). The Hall–Kier alpha value is -3.40. The topological polar surface area (TPSA) is 90.4 Å². The van der Waals surface area contributed by atoms with Crippen LogP contribution in [0, 0.1) is 0 Å². The Morgan fingerprint density at radius 2 is 1.81 bits per heavy atom. The lowest BCUT2D eigenvalue weighted by atomic mass is 10.2. The minimum absolute atomic E-state index is 0.290. The van der Waals surface area contributed by atoms with Crippen LogP contribution in [0.15, 0.2) is 83.2 Å². The highest BCUT2D eigenvalue weighted by Crippen LogP contribution is 2.31. The normalized spacial score (nSPS) is 11.6. The van der Waals surface area contributed by atoms with E-state index >= 15 is 0 Å². The first-order chi connectivity index (χ1) is 15.6. The van der Waals surface area contributed by atoms with Crippen molar-refractivity contribution in [3.8, 4) is 17.1 Å². The molecule has 1 N–H and O–H groups in total. The number of pyridine rings is 1. The predicted molar refractivity (Wildman–Crippen MR) is 128 cm³/mol. The van der Waals surface area contributed by atoms with Gasteiger partial charge in [0, 0.05) is 17.1 Å². The van der Waals surface area contributed by atoms with E-state index in [0.29, 0.717) is 32.7 Å². The minimum atomic E-state index is -1.46. The minimum Gasteiger partial charge on any atom is -0.588 e. The summed E-state index contributed by atoms with van der Waals surface area (Å²) in [6.07, 6.45) is 1.70. The molecule has 162 valence electrons. The number of amides is 1. The molecule has 32 heavy (non-hydrogen) atoms. The summed E-state index contributed by atoms with van der Waals surface area (Å²) >= 11 is -0.134. The molecule has 4 aromatic rings. The van der Waals surface area contributed by atoms with Gasteiger partial charge in [-0.1, -0.05) is 18.2 Å². The van der Waals surface area contributed by atoms with Gasteiger partial charge in [-0.3, -0.25) is 15.1 Å². The van der Waals surface area contributed by atoms with Crippen LogP contribution in [0.1, 0.15) is 10.4 Å². The molecule has 0 fully saturated rings. The zero-order valence-electron chi connectivity index (χ0n) is 17.4. The predicted octanol–water partition coefficient (Wildman–Crippen LogP) is 4.63. The number of para-hydroxylation sites is 2. The average molecular weight is 465 g/mol. The quantitative estimate of drug-likeness (QED) is 0.401. The van der Waals surface area contributed by atoms with Crippen LogP contribution in [0.4, 0.5) is 10.8 Å². The number of hydrogen-bond acceptors (Lipinski definition) is 7. The Labute approximate surface area is 193 Å².